The molecule has 4 heteroatoms. The van der Waals surface area contributed by atoms with Crippen molar-refractivity contribution >= 4 is 11.8 Å². The summed E-state index contributed by atoms with van der Waals surface area (Å²) in [5.74, 6) is 0.178. The maximum absolute atomic E-state index is 10.4. The lowest BCUT2D eigenvalue weighted by Crippen LogP contribution is -2.22. The van der Waals surface area contributed by atoms with Crippen molar-refractivity contribution in [3.8, 4) is 0 Å². The Morgan fingerprint density at radius 3 is 2.50 bits per heavy atom. The van der Waals surface area contributed by atoms with Crippen LogP contribution in [0.5, 0.6) is 0 Å². The minimum Gasteiger partial charge on any atom is -0.481 e. The smallest absolute Gasteiger partial charge is 0.303 e. The molecule has 0 amide bonds. The van der Waals surface area contributed by atoms with Crippen molar-refractivity contribution in [1.82, 2.24) is 4.98 Å². The van der Waals surface area contributed by atoms with Gasteiger partial charge in [-0.25, -0.2) is 4.98 Å². The monoisotopic (exact) mass is 222 g/mol. The molecule has 0 aliphatic carbocycles. The summed E-state index contributed by atoms with van der Waals surface area (Å²) in [4.78, 5) is 16.9. The Balaban J connectivity index is 2.63. The number of carbonyl (C=O) groups is 1. The van der Waals surface area contributed by atoms with Crippen LogP contribution >= 0.6 is 0 Å². The van der Waals surface area contributed by atoms with Crippen molar-refractivity contribution in [2.24, 2.45) is 0 Å². The summed E-state index contributed by atoms with van der Waals surface area (Å²) in [7, 11) is 0. The van der Waals surface area contributed by atoms with E-state index in [0.717, 1.165) is 24.5 Å². The van der Waals surface area contributed by atoms with Crippen molar-refractivity contribution in [2.75, 3.05) is 18.0 Å². The van der Waals surface area contributed by atoms with Crippen LogP contribution in [0.4, 0.5) is 5.82 Å². The molecule has 0 fully saturated rings. The van der Waals surface area contributed by atoms with Gasteiger partial charge in [-0.3, -0.25) is 4.79 Å². The molecule has 16 heavy (non-hydrogen) atoms. The molecule has 0 bridgehead atoms. The zero-order chi connectivity index (χ0) is 12.0. The van der Waals surface area contributed by atoms with Crippen LogP contribution in [0.2, 0.25) is 0 Å². The predicted octanol–water partition coefficient (Wildman–Crippen LogP) is 1.95. The van der Waals surface area contributed by atoms with Gasteiger partial charge in [-0.05, 0) is 31.9 Å². The van der Waals surface area contributed by atoms with E-state index in [1.54, 1.807) is 6.20 Å². The molecule has 1 aromatic heterocycles. The van der Waals surface area contributed by atoms with Crippen molar-refractivity contribution in [3.05, 3.63) is 23.9 Å². The summed E-state index contributed by atoms with van der Waals surface area (Å²) in [6.07, 6.45) is 2.46. The maximum Gasteiger partial charge on any atom is 0.303 e. The highest BCUT2D eigenvalue weighted by Crippen LogP contribution is 2.11. The number of carboxylic acid groups (broad SMARTS) is 1. The van der Waals surface area contributed by atoms with Gasteiger partial charge in [0.15, 0.2) is 0 Å². The van der Waals surface area contributed by atoms with Crippen LogP contribution in [0.15, 0.2) is 18.3 Å². The molecule has 0 saturated heterocycles. The molecule has 0 spiro atoms. The third-order valence-corrected chi connectivity index (χ3v) is 2.52. The quantitative estimate of drug-likeness (QED) is 0.799. The van der Waals surface area contributed by atoms with Gasteiger partial charge in [0.1, 0.15) is 5.82 Å². The number of aryl methyl sites for hydroxylation is 1. The first kappa shape index (κ1) is 12.5. The molecule has 4 nitrogen and oxygen atoms in total. The second kappa shape index (κ2) is 6.10. The molecule has 1 rings (SSSR count). The first-order chi connectivity index (χ1) is 7.67. The second-order valence-electron chi connectivity index (χ2n) is 3.59. The first-order valence-corrected chi connectivity index (χ1v) is 5.59. The van der Waals surface area contributed by atoms with Crippen LogP contribution < -0.4 is 4.90 Å². The van der Waals surface area contributed by atoms with Gasteiger partial charge in [0, 0.05) is 25.7 Å². The van der Waals surface area contributed by atoms with Crippen LogP contribution in [0, 0.1) is 0 Å². The highest BCUT2D eigenvalue weighted by molar-refractivity contribution is 5.67. The summed E-state index contributed by atoms with van der Waals surface area (Å²) >= 11 is 0. The SMILES string of the molecule is CCN(CC)c1ccc(CCC(=O)O)cn1. The number of anilines is 1. The topological polar surface area (TPSA) is 53.4 Å². The van der Waals surface area contributed by atoms with Gasteiger partial charge in [-0.2, -0.15) is 0 Å². The molecular formula is C12H18N2O2. The molecule has 88 valence electrons. The van der Waals surface area contributed by atoms with E-state index in [1.807, 2.05) is 12.1 Å². The fourth-order valence-electron chi connectivity index (χ4n) is 1.55. The average molecular weight is 222 g/mol. The number of nitrogens with zero attached hydrogens (tertiary/aromatic N) is 2. The Hall–Kier alpha value is -1.58. The third kappa shape index (κ3) is 3.53. The zero-order valence-electron chi connectivity index (χ0n) is 9.81. The molecule has 0 aromatic carbocycles. The molecule has 1 heterocycles. The minimum absolute atomic E-state index is 0.159. The lowest BCUT2D eigenvalue weighted by Gasteiger charge is -2.19. The number of aromatic nitrogens is 1. The normalized spacial score (nSPS) is 10.1. The lowest BCUT2D eigenvalue weighted by molar-refractivity contribution is -0.136. The molecule has 0 atom stereocenters. The van der Waals surface area contributed by atoms with Crippen LogP contribution in [-0.2, 0) is 11.2 Å². The van der Waals surface area contributed by atoms with Gasteiger partial charge in [0.2, 0.25) is 0 Å². The zero-order valence-corrected chi connectivity index (χ0v) is 9.81. The Bertz CT molecular complexity index is 331. The molecule has 0 aliphatic heterocycles. The predicted molar refractivity (Wildman–Crippen MR) is 63.8 cm³/mol. The van der Waals surface area contributed by atoms with Crippen molar-refractivity contribution in [3.63, 3.8) is 0 Å². The van der Waals surface area contributed by atoms with Crippen LogP contribution in [-0.4, -0.2) is 29.1 Å². The fourth-order valence-corrected chi connectivity index (χ4v) is 1.55. The van der Waals surface area contributed by atoms with E-state index in [1.165, 1.54) is 0 Å². The minimum atomic E-state index is -0.771. The third-order valence-electron chi connectivity index (χ3n) is 2.52. The number of hydrogen-bond acceptors (Lipinski definition) is 3. The number of hydrogen-bond donors (Lipinski definition) is 1. The van der Waals surface area contributed by atoms with Gasteiger partial charge in [-0.15, -0.1) is 0 Å². The van der Waals surface area contributed by atoms with E-state index in [4.69, 9.17) is 5.11 Å². The Labute approximate surface area is 95.9 Å². The second-order valence-corrected chi connectivity index (χ2v) is 3.59. The number of carboxylic acids is 1. The summed E-state index contributed by atoms with van der Waals surface area (Å²) < 4.78 is 0. The molecule has 1 aromatic rings. The van der Waals surface area contributed by atoms with E-state index in [-0.39, 0.29) is 6.42 Å². The van der Waals surface area contributed by atoms with Crippen molar-refractivity contribution < 1.29 is 9.90 Å². The summed E-state index contributed by atoms with van der Waals surface area (Å²) in [6, 6.07) is 3.90. The van der Waals surface area contributed by atoms with Gasteiger partial charge in [0.05, 0.1) is 0 Å². The van der Waals surface area contributed by atoms with Crippen molar-refractivity contribution in [2.45, 2.75) is 26.7 Å². The maximum atomic E-state index is 10.4. The Morgan fingerprint density at radius 2 is 2.06 bits per heavy atom. The van der Waals surface area contributed by atoms with Crippen LogP contribution in [0.3, 0.4) is 0 Å². The van der Waals surface area contributed by atoms with Crippen LogP contribution in [0.25, 0.3) is 0 Å². The summed E-state index contributed by atoms with van der Waals surface area (Å²) in [5.41, 5.74) is 0.971. The van der Waals surface area contributed by atoms with E-state index in [0.29, 0.717) is 6.42 Å². The molecular weight excluding hydrogens is 204 g/mol. The fraction of sp³-hybridized carbons (Fsp3) is 0.500. The molecule has 0 radical (unpaired) electrons. The molecule has 0 aliphatic rings. The highest BCUT2D eigenvalue weighted by Gasteiger charge is 2.04. The Morgan fingerprint density at radius 1 is 1.38 bits per heavy atom. The van der Waals surface area contributed by atoms with Gasteiger partial charge >= 0.3 is 5.97 Å². The average Bonchev–Trinajstić information content (AvgIpc) is 2.29. The molecule has 0 saturated carbocycles. The standard InChI is InChI=1S/C12H18N2O2/c1-3-14(4-2)11-7-5-10(9-13-11)6-8-12(15)16/h5,7,9H,3-4,6,8H2,1-2H3,(H,15,16). The van der Waals surface area contributed by atoms with Crippen molar-refractivity contribution in [1.29, 1.82) is 0 Å². The first-order valence-electron chi connectivity index (χ1n) is 5.59. The van der Waals surface area contributed by atoms with Crippen LogP contribution in [0.1, 0.15) is 25.8 Å². The number of pyridine rings is 1. The number of rotatable bonds is 6. The summed E-state index contributed by atoms with van der Waals surface area (Å²) in [5, 5.41) is 8.57. The molecule has 1 N–H and O–H groups in total. The Kier molecular flexibility index (Phi) is 4.76. The highest BCUT2D eigenvalue weighted by atomic mass is 16.4. The lowest BCUT2D eigenvalue weighted by atomic mass is 10.1. The van der Waals surface area contributed by atoms with Gasteiger partial charge in [-0.1, -0.05) is 6.07 Å². The largest absolute Gasteiger partial charge is 0.481 e. The number of aliphatic carboxylic acids is 1. The van der Waals surface area contributed by atoms with E-state index in [2.05, 4.69) is 23.7 Å². The van der Waals surface area contributed by atoms with E-state index < -0.39 is 5.97 Å². The molecule has 0 unspecified atom stereocenters. The van der Waals surface area contributed by atoms with Gasteiger partial charge < -0.3 is 10.0 Å². The van der Waals surface area contributed by atoms with E-state index >= 15 is 0 Å². The van der Waals surface area contributed by atoms with E-state index in [9.17, 15) is 4.79 Å². The summed E-state index contributed by atoms with van der Waals surface area (Å²) in [6.45, 7) is 6.03. The van der Waals surface area contributed by atoms with Gasteiger partial charge in [0.25, 0.3) is 0 Å².